The van der Waals surface area contributed by atoms with Crippen LogP contribution in [0, 0.1) is 5.41 Å². The van der Waals surface area contributed by atoms with Gasteiger partial charge < -0.3 is 19.9 Å². The van der Waals surface area contributed by atoms with E-state index in [9.17, 15) is 13.6 Å². The predicted molar refractivity (Wildman–Crippen MR) is 117 cm³/mol. The normalized spacial score (nSPS) is 25.2. The third-order valence-corrected chi connectivity index (χ3v) is 6.58. The van der Waals surface area contributed by atoms with E-state index in [0.29, 0.717) is 19.6 Å². The maximum absolute atomic E-state index is 12.9. The Labute approximate surface area is 187 Å². The maximum Gasteiger partial charge on any atom is 0.256 e. The van der Waals surface area contributed by atoms with Crippen molar-refractivity contribution in [2.24, 2.45) is 16.1 Å². The summed E-state index contributed by atoms with van der Waals surface area (Å²) in [6.45, 7) is 0.361. The Morgan fingerprint density at radius 2 is 2.06 bits per heavy atom. The standard InChI is InChI=1S/C23H33F2N3O4/c1-30-10-3-11-32-18-5-4-16-13-23(8-6-17(31-2)7-9-23)21(19(16)12-18)27-22(26)28(15-29)14-20(24)25/h4-5,12,15,17,20-21H,3,6-11,13-14H2,1-2H3,(H2,26,27)/t17-,21?,23-. The number of halogens is 2. The summed E-state index contributed by atoms with van der Waals surface area (Å²) in [6.07, 6.45) is 2.95. The monoisotopic (exact) mass is 453 g/mol. The molecule has 0 saturated heterocycles. The number of hydrogen-bond acceptors (Lipinski definition) is 5. The third kappa shape index (κ3) is 5.56. The van der Waals surface area contributed by atoms with Crippen molar-refractivity contribution in [2.45, 2.75) is 57.1 Å². The summed E-state index contributed by atoms with van der Waals surface area (Å²) in [5.74, 6) is 0.541. The van der Waals surface area contributed by atoms with Crippen molar-refractivity contribution in [1.82, 2.24) is 4.90 Å². The van der Waals surface area contributed by atoms with Crippen LogP contribution in [0.2, 0.25) is 0 Å². The first kappa shape index (κ1) is 24.4. The molecular formula is C23H33F2N3O4. The molecular weight excluding hydrogens is 420 g/mol. The minimum Gasteiger partial charge on any atom is -0.493 e. The number of alkyl halides is 2. The minimum absolute atomic E-state index is 0.183. The number of benzene rings is 1. The number of methoxy groups -OCH3 is 2. The Balaban J connectivity index is 1.90. The van der Waals surface area contributed by atoms with Crippen molar-refractivity contribution in [1.29, 1.82) is 0 Å². The molecule has 3 rings (SSSR count). The zero-order chi connectivity index (χ0) is 23.1. The molecule has 2 N–H and O–H groups in total. The fourth-order valence-electron chi connectivity index (χ4n) is 4.88. The fraction of sp³-hybridized carbons (Fsp3) is 0.652. The van der Waals surface area contributed by atoms with E-state index in [2.05, 4.69) is 4.99 Å². The summed E-state index contributed by atoms with van der Waals surface area (Å²) in [5, 5.41) is 0. The van der Waals surface area contributed by atoms with Crippen LogP contribution in [0.25, 0.3) is 0 Å². The van der Waals surface area contributed by atoms with Crippen LogP contribution in [0.1, 0.15) is 49.3 Å². The molecule has 178 valence electrons. The summed E-state index contributed by atoms with van der Waals surface area (Å²) < 4.78 is 42.3. The SMILES string of the molecule is COCCCOc1ccc2c(c1)C(/N=C(/N)N(C=O)CC(F)F)[C@]1(CC[C@H](OC)CC1)C2. The Bertz CT molecular complexity index is 797. The van der Waals surface area contributed by atoms with Gasteiger partial charge in [0.1, 0.15) is 5.75 Å². The molecule has 2 aliphatic carbocycles. The average Bonchev–Trinajstić information content (AvgIpc) is 3.07. The van der Waals surface area contributed by atoms with Crippen LogP contribution >= 0.6 is 0 Å². The molecule has 1 amide bonds. The van der Waals surface area contributed by atoms with Gasteiger partial charge >= 0.3 is 0 Å². The highest BCUT2D eigenvalue weighted by atomic mass is 19.3. The second-order valence-corrected chi connectivity index (χ2v) is 8.57. The number of ether oxygens (including phenoxy) is 3. The van der Waals surface area contributed by atoms with Crippen molar-refractivity contribution < 1.29 is 27.8 Å². The van der Waals surface area contributed by atoms with Crippen molar-refractivity contribution >= 4 is 12.4 Å². The molecule has 1 aromatic carbocycles. The summed E-state index contributed by atoms with van der Waals surface area (Å²) in [5.41, 5.74) is 8.00. The number of nitrogens with two attached hydrogens (primary N) is 1. The molecule has 2 aliphatic rings. The summed E-state index contributed by atoms with van der Waals surface area (Å²) >= 11 is 0. The lowest BCUT2D eigenvalue weighted by atomic mass is 9.68. The number of amides is 1. The first-order valence-electron chi connectivity index (χ1n) is 11.0. The molecule has 1 atom stereocenters. The van der Waals surface area contributed by atoms with Gasteiger partial charge in [0, 0.05) is 32.7 Å². The van der Waals surface area contributed by atoms with E-state index in [4.69, 9.17) is 19.9 Å². The van der Waals surface area contributed by atoms with E-state index in [0.717, 1.165) is 60.3 Å². The van der Waals surface area contributed by atoms with Gasteiger partial charge in [-0.2, -0.15) is 0 Å². The third-order valence-electron chi connectivity index (χ3n) is 6.58. The highest BCUT2D eigenvalue weighted by Gasteiger charge is 2.48. The van der Waals surface area contributed by atoms with Crippen LogP contribution in [0.5, 0.6) is 5.75 Å². The zero-order valence-corrected chi connectivity index (χ0v) is 18.8. The molecule has 0 aliphatic heterocycles. The highest BCUT2D eigenvalue weighted by molar-refractivity contribution is 5.87. The lowest BCUT2D eigenvalue weighted by Crippen LogP contribution is -2.41. The van der Waals surface area contributed by atoms with Crippen LogP contribution in [0.3, 0.4) is 0 Å². The first-order valence-corrected chi connectivity index (χ1v) is 11.0. The smallest absolute Gasteiger partial charge is 0.256 e. The van der Waals surface area contributed by atoms with Gasteiger partial charge in [0.2, 0.25) is 6.41 Å². The Hall–Kier alpha value is -2.26. The molecule has 0 aromatic heterocycles. The number of nitrogens with zero attached hydrogens (tertiary/aromatic N) is 2. The average molecular weight is 454 g/mol. The van der Waals surface area contributed by atoms with E-state index in [1.54, 1.807) is 14.2 Å². The van der Waals surface area contributed by atoms with Gasteiger partial charge in [-0.1, -0.05) is 6.07 Å². The number of carbonyl (C=O) groups is 1. The van der Waals surface area contributed by atoms with Crippen molar-refractivity contribution in [3.8, 4) is 5.75 Å². The molecule has 0 heterocycles. The van der Waals surface area contributed by atoms with Gasteiger partial charge in [-0.05, 0) is 55.4 Å². The maximum atomic E-state index is 12.9. The number of hydrogen-bond donors (Lipinski definition) is 1. The molecule has 0 radical (unpaired) electrons. The molecule has 7 nitrogen and oxygen atoms in total. The van der Waals surface area contributed by atoms with Crippen LogP contribution < -0.4 is 10.5 Å². The topological polar surface area (TPSA) is 86.4 Å². The first-order chi connectivity index (χ1) is 15.4. The van der Waals surface area contributed by atoms with Gasteiger partial charge in [-0.15, -0.1) is 0 Å². The summed E-state index contributed by atoms with van der Waals surface area (Å²) in [4.78, 5) is 16.8. The van der Waals surface area contributed by atoms with E-state index < -0.39 is 13.0 Å². The van der Waals surface area contributed by atoms with Gasteiger partial charge in [-0.25, -0.2) is 13.8 Å². The number of guanidine groups is 1. The number of carbonyl (C=O) groups excluding carboxylic acids is 1. The number of aliphatic imine (C=N–C) groups is 1. The molecule has 9 heteroatoms. The van der Waals surface area contributed by atoms with Crippen molar-refractivity contribution in [2.75, 3.05) is 34.0 Å². The molecule has 1 aromatic rings. The molecule has 1 fully saturated rings. The van der Waals surface area contributed by atoms with Crippen LogP contribution in [-0.4, -0.2) is 63.8 Å². The summed E-state index contributed by atoms with van der Waals surface area (Å²) in [7, 11) is 3.37. The summed E-state index contributed by atoms with van der Waals surface area (Å²) in [6, 6.07) is 5.63. The largest absolute Gasteiger partial charge is 0.493 e. The van der Waals surface area contributed by atoms with E-state index in [1.807, 2.05) is 18.2 Å². The van der Waals surface area contributed by atoms with E-state index >= 15 is 0 Å². The van der Waals surface area contributed by atoms with Gasteiger partial charge in [-0.3, -0.25) is 9.69 Å². The second-order valence-electron chi connectivity index (χ2n) is 8.57. The van der Waals surface area contributed by atoms with Crippen LogP contribution in [-0.2, 0) is 20.7 Å². The van der Waals surface area contributed by atoms with E-state index in [-0.39, 0.29) is 23.5 Å². The number of rotatable bonds is 10. The lowest BCUT2D eigenvalue weighted by molar-refractivity contribution is -0.116. The Morgan fingerprint density at radius 1 is 1.31 bits per heavy atom. The fourth-order valence-corrected chi connectivity index (χ4v) is 4.88. The Morgan fingerprint density at radius 3 is 2.69 bits per heavy atom. The van der Waals surface area contributed by atoms with Crippen LogP contribution in [0.15, 0.2) is 23.2 Å². The minimum atomic E-state index is -2.69. The van der Waals surface area contributed by atoms with Gasteiger partial charge in [0.05, 0.1) is 25.3 Å². The van der Waals surface area contributed by atoms with Crippen LogP contribution in [0.4, 0.5) is 8.78 Å². The highest BCUT2D eigenvalue weighted by Crippen LogP contribution is 2.56. The lowest BCUT2D eigenvalue weighted by Gasteiger charge is -2.40. The Kier molecular flexibility index (Phi) is 8.42. The quantitative estimate of drug-likeness (QED) is 0.254. The molecule has 1 spiro atoms. The van der Waals surface area contributed by atoms with Gasteiger partial charge in [0.25, 0.3) is 6.43 Å². The molecule has 1 unspecified atom stereocenters. The molecule has 1 saturated carbocycles. The second kappa shape index (κ2) is 11.0. The molecule has 32 heavy (non-hydrogen) atoms. The number of fused-ring (bicyclic) bond motifs is 1. The zero-order valence-electron chi connectivity index (χ0n) is 18.8. The van der Waals surface area contributed by atoms with Crippen molar-refractivity contribution in [3.05, 3.63) is 29.3 Å². The molecule has 0 bridgehead atoms. The van der Waals surface area contributed by atoms with Crippen molar-refractivity contribution in [3.63, 3.8) is 0 Å². The van der Waals surface area contributed by atoms with E-state index in [1.165, 1.54) is 0 Å². The predicted octanol–water partition coefficient (Wildman–Crippen LogP) is 3.31. The van der Waals surface area contributed by atoms with Gasteiger partial charge in [0.15, 0.2) is 5.96 Å².